The Morgan fingerprint density at radius 2 is 1.29 bits per heavy atom. The predicted molar refractivity (Wildman–Crippen MR) is 156 cm³/mol. The fourth-order valence-electron chi connectivity index (χ4n) is 4.55. The lowest BCUT2D eigenvalue weighted by Crippen LogP contribution is -2.15. The molecule has 5 rings (SSSR count). The molecule has 10 heteroatoms. The first kappa shape index (κ1) is 30.1. The third-order valence-corrected chi connectivity index (χ3v) is 9.00. The number of benzene rings is 4. The summed E-state index contributed by atoms with van der Waals surface area (Å²) in [5.41, 5.74) is 1.56. The van der Waals surface area contributed by atoms with Crippen molar-refractivity contribution < 1.29 is 31.1 Å². The minimum atomic E-state index is -4.53. The number of hydrogen-bond donors (Lipinski definition) is 0. The van der Waals surface area contributed by atoms with Crippen molar-refractivity contribution in [2.24, 2.45) is 4.99 Å². The zero-order valence-electron chi connectivity index (χ0n) is 22.1. The van der Waals surface area contributed by atoms with Gasteiger partial charge in [-0.05, 0) is 91.1 Å². The molecule has 0 aromatic heterocycles. The van der Waals surface area contributed by atoms with Crippen LogP contribution >= 0.6 is 23.5 Å². The number of aryl methyl sites for hydroxylation is 2. The van der Waals surface area contributed by atoms with Gasteiger partial charge in [-0.2, -0.15) is 26.3 Å². The van der Waals surface area contributed by atoms with Gasteiger partial charge in [0.1, 0.15) is 5.75 Å². The molecule has 0 spiro atoms. The molecule has 1 aliphatic carbocycles. The van der Waals surface area contributed by atoms with E-state index in [-0.39, 0.29) is 6.42 Å². The molecular formula is C32H25F6NOS2. The highest BCUT2D eigenvalue weighted by Gasteiger charge is 2.32. The normalized spacial score (nSPS) is 13.8. The standard InChI is InChI=1S/C32H25F6NOS2/c33-31(34,35)23-9-5-13-27(18-23)41-30(42-28-14-6-10-24(19-28)32(36,37)38)20-29(40-26-11-2-1-3-12-26)39-25-16-15-21-7-4-8-22(21)17-25/h1-3,5-6,9-19,30H,4,7-8,20H2/b39-29-. The first-order valence-electron chi connectivity index (χ1n) is 13.1. The molecule has 1 aliphatic rings. The van der Waals surface area contributed by atoms with E-state index in [0.29, 0.717) is 27.1 Å². The number of fused-ring (bicyclic) bond motifs is 1. The fraction of sp³-hybridized carbons (Fsp3) is 0.219. The van der Waals surface area contributed by atoms with Crippen LogP contribution in [0.15, 0.2) is 112 Å². The van der Waals surface area contributed by atoms with E-state index >= 15 is 0 Å². The quantitative estimate of drug-likeness (QED) is 0.0646. The van der Waals surface area contributed by atoms with E-state index in [0.717, 1.165) is 67.1 Å². The maximum atomic E-state index is 13.4. The molecule has 0 amide bonds. The summed E-state index contributed by atoms with van der Waals surface area (Å²) in [5, 5.41) is 0. The molecule has 0 heterocycles. The molecule has 0 N–H and O–H groups in total. The molecule has 4 aromatic carbocycles. The Morgan fingerprint density at radius 1 is 0.690 bits per heavy atom. The molecule has 0 fully saturated rings. The van der Waals surface area contributed by atoms with Crippen LogP contribution in [0.4, 0.5) is 32.0 Å². The summed E-state index contributed by atoms with van der Waals surface area (Å²) in [6.07, 6.45) is -5.91. The molecule has 2 nitrogen and oxygen atoms in total. The van der Waals surface area contributed by atoms with Gasteiger partial charge in [-0.15, -0.1) is 23.5 Å². The van der Waals surface area contributed by atoms with Crippen LogP contribution in [0, 0.1) is 0 Å². The van der Waals surface area contributed by atoms with Crippen molar-refractivity contribution in [1.29, 1.82) is 0 Å². The van der Waals surface area contributed by atoms with E-state index in [1.54, 1.807) is 36.4 Å². The molecule has 0 saturated carbocycles. The molecule has 218 valence electrons. The Balaban J connectivity index is 1.50. The van der Waals surface area contributed by atoms with Gasteiger partial charge in [0, 0.05) is 16.2 Å². The van der Waals surface area contributed by atoms with Crippen LogP contribution in [0.1, 0.15) is 35.1 Å². The highest BCUT2D eigenvalue weighted by atomic mass is 32.2. The predicted octanol–water partition coefficient (Wildman–Crippen LogP) is 10.6. The SMILES string of the molecule is FC(F)(F)c1cccc(SC(C/C(=N/c2ccc3c(c2)CCC3)Oc2ccccc2)Sc2cccc(C(F)(F)F)c2)c1. The Kier molecular flexibility index (Phi) is 9.22. The smallest absolute Gasteiger partial charge is 0.416 e. The average molecular weight is 618 g/mol. The highest BCUT2D eigenvalue weighted by molar-refractivity contribution is 8.17. The first-order chi connectivity index (χ1) is 20.0. The van der Waals surface area contributed by atoms with Crippen molar-refractivity contribution in [3.05, 3.63) is 119 Å². The Morgan fingerprint density at radius 3 is 1.88 bits per heavy atom. The lowest BCUT2D eigenvalue weighted by atomic mass is 10.1. The van der Waals surface area contributed by atoms with Crippen LogP contribution in [-0.2, 0) is 25.2 Å². The molecule has 0 aliphatic heterocycles. The highest BCUT2D eigenvalue weighted by Crippen LogP contribution is 2.42. The number of hydrogen-bond acceptors (Lipinski definition) is 4. The third-order valence-electron chi connectivity index (χ3n) is 6.51. The van der Waals surface area contributed by atoms with Crippen molar-refractivity contribution in [2.75, 3.05) is 0 Å². The number of nitrogens with zero attached hydrogens (tertiary/aromatic N) is 1. The van der Waals surface area contributed by atoms with Gasteiger partial charge in [0.25, 0.3) is 0 Å². The second-order valence-corrected chi connectivity index (χ2v) is 12.5. The molecule has 0 saturated heterocycles. The number of thioether (sulfide) groups is 2. The summed E-state index contributed by atoms with van der Waals surface area (Å²) in [5.74, 6) is 0.812. The Hall–Kier alpha value is -3.37. The summed E-state index contributed by atoms with van der Waals surface area (Å²) >= 11 is 2.24. The summed E-state index contributed by atoms with van der Waals surface area (Å²) in [4.78, 5) is 5.43. The minimum absolute atomic E-state index is 0.119. The number of halogens is 6. The van der Waals surface area contributed by atoms with E-state index in [4.69, 9.17) is 9.73 Å². The Labute approximate surface area is 248 Å². The zero-order chi connectivity index (χ0) is 29.7. The van der Waals surface area contributed by atoms with E-state index in [9.17, 15) is 26.3 Å². The molecule has 0 radical (unpaired) electrons. The van der Waals surface area contributed by atoms with Gasteiger partial charge in [0.05, 0.1) is 21.4 Å². The summed E-state index contributed by atoms with van der Waals surface area (Å²) in [6.45, 7) is 0. The zero-order valence-corrected chi connectivity index (χ0v) is 23.7. The molecule has 0 atom stereocenters. The second-order valence-electron chi connectivity index (χ2n) is 9.65. The summed E-state index contributed by atoms with van der Waals surface area (Å²) < 4.78 is 86.2. The van der Waals surface area contributed by atoms with Crippen LogP contribution < -0.4 is 4.74 Å². The van der Waals surface area contributed by atoms with Crippen LogP contribution in [0.3, 0.4) is 0 Å². The van der Waals surface area contributed by atoms with Crippen molar-refractivity contribution >= 4 is 35.1 Å². The van der Waals surface area contributed by atoms with Gasteiger partial charge < -0.3 is 4.74 Å². The molecule has 0 unspecified atom stereocenters. The topological polar surface area (TPSA) is 21.6 Å². The van der Waals surface area contributed by atoms with E-state index in [2.05, 4.69) is 0 Å². The summed E-state index contributed by atoms with van der Waals surface area (Å²) in [7, 11) is 0. The fourth-order valence-corrected chi connectivity index (χ4v) is 7.17. The van der Waals surface area contributed by atoms with Gasteiger partial charge in [-0.25, -0.2) is 4.99 Å². The number of rotatable bonds is 8. The average Bonchev–Trinajstić information content (AvgIpc) is 3.41. The second kappa shape index (κ2) is 12.9. The third kappa shape index (κ3) is 8.13. The monoisotopic (exact) mass is 617 g/mol. The Bertz CT molecular complexity index is 1490. The lowest BCUT2D eigenvalue weighted by molar-refractivity contribution is -0.138. The van der Waals surface area contributed by atoms with Crippen molar-refractivity contribution in [2.45, 2.75) is 52.4 Å². The van der Waals surface area contributed by atoms with Crippen LogP contribution in [0.2, 0.25) is 0 Å². The van der Waals surface area contributed by atoms with E-state index in [1.807, 2.05) is 24.3 Å². The number of para-hydroxylation sites is 1. The van der Waals surface area contributed by atoms with Crippen LogP contribution in [0.25, 0.3) is 0 Å². The molecule has 0 bridgehead atoms. The van der Waals surface area contributed by atoms with Crippen molar-refractivity contribution in [3.8, 4) is 5.75 Å². The minimum Gasteiger partial charge on any atom is -0.443 e. The van der Waals surface area contributed by atoms with Crippen molar-refractivity contribution in [1.82, 2.24) is 0 Å². The number of ether oxygens (including phenoxy) is 1. The van der Waals surface area contributed by atoms with Crippen molar-refractivity contribution in [3.63, 3.8) is 0 Å². The summed E-state index contributed by atoms with van der Waals surface area (Å²) in [6, 6.07) is 24.7. The maximum Gasteiger partial charge on any atom is 0.416 e. The molecule has 42 heavy (non-hydrogen) atoms. The lowest BCUT2D eigenvalue weighted by Gasteiger charge is -2.19. The van der Waals surface area contributed by atoms with Crippen LogP contribution in [-0.4, -0.2) is 10.5 Å². The van der Waals surface area contributed by atoms with Gasteiger partial charge in [0.15, 0.2) is 5.90 Å². The molecular weight excluding hydrogens is 592 g/mol. The number of aliphatic imine (C=N–C) groups is 1. The molecule has 4 aromatic rings. The van der Waals surface area contributed by atoms with Gasteiger partial charge in [0.2, 0.25) is 0 Å². The first-order valence-corrected chi connectivity index (χ1v) is 14.9. The van der Waals surface area contributed by atoms with Gasteiger partial charge in [-0.1, -0.05) is 36.4 Å². The van der Waals surface area contributed by atoms with Gasteiger partial charge in [-0.3, -0.25) is 0 Å². The van der Waals surface area contributed by atoms with E-state index in [1.165, 1.54) is 23.3 Å². The maximum absolute atomic E-state index is 13.4. The van der Waals surface area contributed by atoms with Crippen LogP contribution in [0.5, 0.6) is 5.75 Å². The number of alkyl halides is 6. The van der Waals surface area contributed by atoms with Gasteiger partial charge >= 0.3 is 12.4 Å². The van der Waals surface area contributed by atoms with E-state index < -0.39 is 28.1 Å². The largest absolute Gasteiger partial charge is 0.443 e.